The number of alkyl halides is 11. The summed E-state index contributed by atoms with van der Waals surface area (Å²) in [6.07, 6.45) is -11.9. The molecule has 2 N–H and O–H groups in total. The van der Waals surface area contributed by atoms with Crippen LogP contribution in [0.2, 0.25) is 10.0 Å². The molecule has 0 heterocycles. The number of hydrogen-bond acceptors (Lipinski definition) is 2. The predicted octanol–water partition coefficient (Wildman–Crippen LogP) is 17.2. The molecule has 0 radical (unpaired) electrons. The topological polar surface area (TPSA) is 58.2 Å². The Bertz CT molecular complexity index is 3110. The van der Waals surface area contributed by atoms with E-state index in [0.717, 1.165) is 22.0 Å². The number of carbonyl (C=O) groups is 2. The number of benzene rings is 8. The van der Waals surface area contributed by atoms with E-state index < -0.39 is 49.2 Å². The molecule has 4 nitrogen and oxygen atoms in total. The van der Waals surface area contributed by atoms with Crippen LogP contribution in [0.25, 0.3) is 0 Å². The minimum Gasteiger partial charge on any atom is -0.0622 e. The molecule has 0 aliphatic heterocycles. The van der Waals surface area contributed by atoms with Crippen molar-refractivity contribution in [3.63, 3.8) is 0 Å². The molecule has 8 aromatic carbocycles. The number of rotatable bonds is 13. The van der Waals surface area contributed by atoms with E-state index in [-0.39, 0.29) is 38.5 Å². The Labute approximate surface area is 487 Å². The monoisotopic (exact) mass is 1410 g/mol. The van der Waals surface area contributed by atoms with Crippen LogP contribution >= 0.6 is 99.7 Å². The fourth-order valence-corrected chi connectivity index (χ4v) is 19.3. The van der Waals surface area contributed by atoms with Crippen molar-refractivity contribution in [1.82, 2.24) is 0 Å². The SMILES string of the molecule is O=C(Nc1cc(Cl)c(Br)cc1CBr)C(F)(F)C(F)(F)F.O=C(Nc1cc(Cl)c(Br)cc1CP(Br)(c1ccccc1)(c1ccccc1)c1ccccc1)C(F)(F)C(F)(F)F.c1ccc(P(c2ccccc2)c2ccccc2)cc1. The third-order valence-corrected chi connectivity index (χ3v) is 26.5. The number of nitrogens with one attached hydrogen (secondary N) is 2. The Kier molecular flexibility index (Phi) is 21.1. The summed E-state index contributed by atoms with van der Waals surface area (Å²) in [5, 5.41) is 6.66. The van der Waals surface area contributed by atoms with E-state index in [1.165, 1.54) is 39.4 Å². The van der Waals surface area contributed by atoms with Crippen molar-refractivity contribution in [2.75, 3.05) is 10.6 Å². The fourth-order valence-electron chi connectivity index (χ4n) is 7.75. The zero-order valence-electron chi connectivity index (χ0n) is 39.8. The van der Waals surface area contributed by atoms with Crippen molar-refractivity contribution in [1.29, 1.82) is 0 Å². The van der Waals surface area contributed by atoms with E-state index in [1.54, 1.807) is 5.32 Å². The first kappa shape index (κ1) is 62.6. The van der Waals surface area contributed by atoms with Crippen LogP contribution in [0.1, 0.15) is 11.1 Å². The van der Waals surface area contributed by atoms with Crippen molar-refractivity contribution in [2.24, 2.45) is 0 Å². The van der Waals surface area contributed by atoms with Crippen LogP contribution in [0, 0.1) is 0 Å². The first-order valence-corrected chi connectivity index (χ1v) is 31.9. The van der Waals surface area contributed by atoms with Gasteiger partial charge in [-0.25, -0.2) is 0 Å². The third kappa shape index (κ3) is 14.3. The molecule has 0 spiro atoms. The largest absolute Gasteiger partial charge is 0.0622 e. The summed E-state index contributed by atoms with van der Waals surface area (Å²) in [6, 6.07) is 65.9. The number of hydrogen-bond donors (Lipinski definition) is 2. The standard InChI is InChI=1S/C28H20Br2ClF5NOP.C18H15P.C10H5Br2ClF5NO/c29-23-16-19(25(17-24(23)31)37-26(38)27(32,33)28(34,35)36)18-39(30,20-10-4-1-5-11-20,21-12-6-2-7-13-21)22-14-8-3-9-15-22;1-4-10-16(11-5-1)19(17-12-6-2-7-13-17)18-14-8-3-9-15-18;11-3-4-1-5(12)6(13)2-7(4)19-8(20)9(14,15)10(16,17)18/h1-17H,18H2,(H,37,38);1-15H;1-2H,3H2,(H,19,20). The molecule has 0 aromatic heterocycles. The summed E-state index contributed by atoms with van der Waals surface area (Å²) >= 11 is 25.6. The molecule has 22 heteroatoms. The Morgan fingerprint density at radius 3 is 1.00 bits per heavy atom. The minimum atomic E-state index is -6.07. The summed E-state index contributed by atoms with van der Waals surface area (Å²) in [4.78, 5) is 23.3. The van der Waals surface area contributed by atoms with E-state index >= 15 is 0 Å². The summed E-state index contributed by atoms with van der Waals surface area (Å²) in [5.74, 6) is -16.1. The molecule has 0 aliphatic rings. The predicted molar refractivity (Wildman–Crippen MR) is 313 cm³/mol. The van der Waals surface area contributed by atoms with Gasteiger partial charge in [0.1, 0.15) is 0 Å². The minimum absolute atomic E-state index is 0.0263. The number of halogens is 16. The molecule has 0 unspecified atom stereocenters. The van der Waals surface area contributed by atoms with Crippen LogP contribution in [-0.4, -0.2) is 36.0 Å². The first-order chi connectivity index (χ1) is 36.7. The van der Waals surface area contributed by atoms with Crippen molar-refractivity contribution in [3.8, 4) is 0 Å². The molecule has 8 rings (SSSR count). The van der Waals surface area contributed by atoms with Gasteiger partial charge in [-0.15, -0.1) is 0 Å². The third-order valence-electron chi connectivity index (χ3n) is 11.6. The number of anilines is 2. The smallest absolute Gasteiger partial charge is 0.0134 e. The van der Waals surface area contributed by atoms with E-state index in [4.69, 9.17) is 23.2 Å². The van der Waals surface area contributed by atoms with Gasteiger partial charge in [-0.3, -0.25) is 4.79 Å². The summed E-state index contributed by atoms with van der Waals surface area (Å²) in [6.45, 7) is 0. The fraction of sp³-hybridized carbons (Fsp3) is 0.107. The Morgan fingerprint density at radius 1 is 0.449 bits per heavy atom. The maximum atomic E-state index is 13.9. The van der Waals surface area contributed by atoms with E-state index in [2.05, 4.69) is 154 Å². The van der Waals surface area contributed by atoms with Crippen molar-refractivity contribution in [2.45, 2.75) is 35.7 Å². The summed E-state index contributed by atoms with van der Waals surface area (Å²) in [7, 11) is -0.446. The van der Waals surface area contributed by atoms with E-state index in [1.807, 2.05) is 91.0 Å². The Morgan fingerprint density at radius 2 is 0.718 bits per heavy atom. The Balaban J connectivity index is 0.000000211. The average molecular weight is 1420 g/mol. The molecule has 0 saturated heterocycles. The normalized spacial score (nSPS) is 12.4. The number of carbonyl (C=O) groups excluding carboxylic acids is 2. The molecule has 0 atom stereocenters. The molecular weight excluding hydrogens is 1380 g/mol. The molecule has 0 saturated carbocycles. The molecule has 78 heavy (non-hydrogen) atoms. The van der Waals surface area contributed by atoms with Gasteiger partial charge in [-0.2, -0.15) is 22.0 Å². The van der Waals surface area contributed by atoms with Gasteiger partial charge in [0, 0.05) is 15.5 Å². The van der Waals surface area contributed by atoms with Gasteiger partial charge in [0.25, 0.3) is 0 Å². The van der Waals surface area contributed by atoms with Gasteiger partial charge in [0.15, 0.2) is 0 Å². The van der Waals surface area contributed by atoms with Gasteiger partial charge in [0.2, 0.25) is 0 Å². The van der Waals surface area contributed by atoms with Crippen LogP contribution in [0.15, 0.2) is 215 Å². The van der Waals surface area contributed by atoms with Gasteiger partial charge >= 0.3 is 262 Å². The molecule has 0 fully saturated rings. The maximum Gasteiger partial charge on any atom is -0.0134 e. The van der Waals surface area contributed by atoms with Gasteiger partial charge in [-0.05, 0) is 57.5 Å². The first-order valence-electron chi connectivity index (χ1n) is 22.6. The van der Waals surface area contributed by atoms with Crippen molar-refractivity contribution < 1.29 is 53.5 Å². The Hall–Kier alpha value is -4.64. The van der Waals surface area contributed by atoms with E-state index in [0.29, 0.717) is 14.5 Å². The maximum absolute atomic E-state index is 13.9. The van der Waals surface area contributed by atoms with Gasteiger partial charge in [0.05, 0.1) is 5.02 Å². The number of amides is 2. The van der Waals surface area contributed by atoms with Gasteiger partial charge < -0.3 is 5.32 Å². The van der Waals surface area contributed by atoms with Crippen molar-refractivity contribution >= 4 is 155 Å². The second kappa shape index (κ2) is 26.3. The van der Waals surface area contributed by atoms with Crippen LogP contribution in [0.4, 0.5) is 55.3 Å². The van der Waals surface area contributed by atoms with Crippen LogP contribution < -0.4 is 42.5 Å². The van der Waals surface area contributed by atoms with Gasteiger partial charge in [-0.1, -0.05) is 119 Å². The molecule has 408 valence electrons. The molecule has 2 amide bonds. The molecule has 0 aliphatic carbocycles. The van der Waals surface area contributed by atoms with Crippen molar-refractivity contribution in [3.05, 3.63) is 236 Å². The zero-order valence-corrected chi connectivity index (χ0v) is 49.4. The van der Waals surface area contributed by atoms with Crippen LogP contribution in [0.3, 0.4) is 0 Å². The second-order valence-corrected chi connectivity index (χ2v) is 31.0. The van der Waals surface area contributed by atoms with Crippen LogP contribution in [0.5, 0.6) is 0 Å². The summed E-state index contributed by atoms with van der Waals surface area (Å²) in [5.41, 5.74) is 0.0914. The molecular formula is C56H40Br4Cl2F10N2O2P2. The quantitative estimate of drug-likeness (QED) is 0.0687. The second-order valence-electron chi connectivity index (χ2n) is 16.7. The van der Waals surface area contributed by atoms with Crippen LogP contribution in [-0.2, 0) is 21.1 Å². The molecule has 0 bridgehead atoms. The molecule has 8 aromatic rings. The average Bonchev–Trinajstić information content (AvgIpc) is 3.61. The van der Waals surface area contributed by atoms with E-state index in [9.17, 15) is 53.5 Å². The zero-order chi connectivity index (χ0) is 57.1. The summed E-state index contributed by atoms with van der Waals surface area (Å²) < 4.78 is 129.